The van der Waals surface area contributed by atoms with E-state index in [1.807, 2.05) is 12.1 Å². The molecule has 0 aromatic carbocycles. The summed E-state index contributed by atoms with van der Waals surface area (Å²) in [6, 6.07) is 5.34. The van der Waals surface area contributed by atoms with Crippen molar-refractivity contribution in [2.24, 2.45) is 0 Å². The molecule has 0 saturated carbocycles. The molecule has 0 aliphatic carbocycles. The summed E-state index contributed by atoms with van der Waals surface area (Å²) in [6.07, 6.45) is 7.07. The number of amides is 1. The van der Waals surface area contributed by atoms with Gasteiger partial charge in [0.2, 0.25) is 5.91 Å². The van der Waals surface area contributed by atoms with Gasteiger partial charge in [-0.1, -0.05) is 0 Å². The van der Waals surface area contributed by atoms with Crippen molar-refractivity contribution in [3.8, 4) is 5.82 Å². The number of hydrogen-bond acceptors (Lipinski definition) is 4. The summed E-state index contributed by atoms with van der Waals surface area (Å²) in [6.45, 7) is 0.900. The molecular formula is C13H15N5O. The number of pyridine rings is 1. The lowest BCUT2D eigenvalue weighted by Gasteiger charge is -2.13. The third-order valence-corrected chi connectivity index (χ3v) is 3.14. The average molecular weight is 257 g/mol. The van der Waals surface area contributed by atoms with Crippen LogP contribution in [0.25, 0.3) is 5.82 Å². The average Bonchev–Trinajstić information content (AvgIpc) is 3.13. The highest BCUT2D eigenvalue weighted by Crippen LogP contribution is 2.17. The van der Waals surface area contributed by atoms with Gasteiger partial charge < -0.3 is 10.6 Å². The van der Waals surface area contributed by atoms with Crippen LogP contribution in [0.4, 0.5) is 5.69 Å². The Morgan fingerprint density at radius 1 is 1.42 bits per heavy atom. The van der Waals surface area contributed by atoms with E-state index >= 15 is 0 Å². The minimum atomic E-state index is -0.106. The Balaban J connectivity index is 1.83. The molecule has 0 unspecified atom stereocenters. The second-order valence-electron chi connectivity index (χ2n) is 4.46. The summed E-state index contributed by atoms with van der Waals surface area (Å²) in [5, 5.41) is 10.2. The van der Waals surface area contributed by atoms with Crippen LogP contribution in [0.2, 0.25) is 0 Å². The SMILES string of the molecule is O=C(Nc1cccnc1-n1cccn1)[C@@H]1CCCN1. The van der Waals surface area contributed by atoms with Crippen LogP contribution in [0.3, 0.4) is 0 Å². The quantitative estimate of drug-likeness (QED) is 0.859. The summed E-state index contributed by atoms with van der Waals surface area (Å²) < 4.78 is 1.64. The first-order valence-electron chi connectivity index (χ1n) is 6.34. The van der Waals surface area contributed by atoms with Crippen LogP contribution in [-0.2, 0) is 4.79 Å². The highest BCUT2D eigenvalue weighted by atomic mass is 16.2. The molecule has 6 nitrogen and oxygen atoms in total. The van der Waals surface area contributed by atoms with Crippen molar-refractivity contribution in [3.05, 3.63) is 36.8 Å². The Hall–Kier alpha value is -2.21. The zero-order chi connectivity index (χ0) is 13.1. The Morgan fingerprint density at radius 3 is 3.11 bits per heavy atom. The Labute approximate surface area is 110 Å². The maximum Gasteiger partial charge on any atom is 0.241 e. The number of carbonyl (C=O) groups is 1. The fraction of sp³-hybridized carbons (Fsp3) is 0.308. The highest BCUT2D eigenvalue weighted by molar-refractivity contribution is 5.96. The molecule has 1 saturated heterocycles. The van der Waals surface area contributed by atoms with E-state index in [-0.39, 0.29) is 11.9 Å². The number of nitrogens with one attached hydrogen (secondary N) is 2. The molecule has 1 atom stereocenters. The van der Waals surface area contributed by atoms with Gasteiger partial charge >= 0.3 is 0 Å². The van der Waals surface area contributed by atoms with E-state index in [1.165, 1.54) is 0 Å². The smallest absolute Gasteiger partial charge is 0.241 e. The van der Waals surface area contributed by atoms with Gasteiger partial charge in [0, 0.05) is 18.6 Å². The van der Waals surface area contributed by atoms with Gasteiger partial charge in [0.05, 0.1) is 11.7 Å². The van der Waals surface area contributed by atoms with Crippen LogP contribution >= 0.6 is 0 Å². The summed E-state index contributed by atoms with van der Waals surface area (Å²) in [5.41, 5.74) is 0.671. The summed E-state index contributed by atoms with van der Waals surface area (Å²) >= 11 is 0. The molecular weight excluding hydrogens is 242 g/mol. The summed E-state index contributed by atoms with van der Waals surface area (Å²) in [4.78, 5) is 16.4. The van der Waals surface area contributed by atoms with E-state index in [0.29, 0.717) is 11.5 Å². The van der Waals surface area contributed by atoms with Gasteiger partial charge in [0.1, 0.15) is 0 Å². The number of aromatic nitrogens is 3. The molecule has 98 valence electrons. The monoisotopic (exact) mass is 257 g/mol. The van der Waals surface area contributed by atoms with Crippen molar-refractivity contribution in [2.75, 3.05) is 11.9 Å². The molecule has 6 heteroatoms. The van der Waals surface area contributed by atoms with E-state index in [1.54, 1.807) is 29.3 Å². The lowest BCUT2D eigenvalue weighted by atomic mass is 10.2. The maximum absolute atomic E-state index is 12.1. The number of nitrogens with zero attached hydrogens (tertiary/aromatic N) is 3. The van der Waals surface area contributed by atoms with Crippen molar-refractivity contribution >= 4 is 11.6 Å². The molecule has 2 N–H and O–H groups in total. The number of anilines is 1. The molecule has 19 heavy (non-hydrogen) atoms. The van der Waals surface area contributed by atoms with Crippen molar-refractivity contribution in [3.63, 3.8) is 0 Å². The van der Waals surface area contributed by atoms with Crippen LogP contribution in [0.15, 0.2) is 36.8 Å². The van der Waals surface area contributed by atoms with Crippen molar-refractivity contribution in [1.29, 1.82) is 0 Å². The van der Waals surface area contributed by atoms with Gasteiger partial charge in [0.25, 0.3) is 0 Å². The van der Waals surface area contributed by atoms with Gasteiger partial charge in [-0.25, -0.2) is 9.67 Å². The lowest BCUT2D eigenvalue weighted by Crippen LogP contribution is -2.35. The van der Waals surface area contributed by atoms with Crippen molar-refractivity contribution < 1.29 is 4.79 Å². The number of carbonyl (C=O) groups excluding carboxylic acids is 1. The van der Waals surface area contributed by atoms with E-state index < -0.39 is 0 Å². The molecule has 2 aromatic rings. The van der Waals surface area contributed by atoms with E-state index in [0.717, 1.165) is 19.4 Å². The third kappa shape index (κ3) is 2.48. The zero-order valence-corrected chi connectivity index (χ0v) is 10.4. The predicted octanol–water partition coefficient (Wildman–Crippen LogP) is 0.958. The van der Waals surface area contributed by atoms with Gasteiger partial charge in [-0.3, -0.25) is 4.79 Å². The number of rotatable bonds is 3. The molecule has 1 amide bonds. The molecule has 0 spiro atoms. The Morgan fingerprint density at radius 2 is 2.37 bits per heavy atom. The van der Waals surface area contributed by atoms with Gasteiger partial charge in [-0.15, -0.1) is 0 Å². The molecule has 0 bridgehead atoms. The van der Waals surface area contributed by atoms with Gasteiger partial charge in [-0.2, -0.15) is 5.10 Å². The zero-order valence-electron chi connectivity index (χ0n) is 10.4. The van der Waals surface area contributed by atoms with Crippen LogP contribution in [0.1, 0.15) is 12.8 Å². The minimum Gasteiger partial charge on any atom is -0.322 e. The second-order valence-corrected chi connectivity index (χ2v) is 4.46. The van der Waals surface area contributed by atoms with E-state index in [4.69, 9.17) is 0 Å². The standard InChI is InChI=1S/C13H15N5O/c19-13(11-5-2-6-14-11)17-10-4-1-7-15-12(10)18-9-3-8-16-18/h1,3-4,7-9,11,14H,2,5-6H2,(H,17,19)/t11-/m0/s1. The third-order valence-electron chi connectivity index (χ3n) is 3.14. The normalized spacial score (nSPS) is 18.4. The Kier molecular flexibility index (Phi) is 3.24. The van der Waals surface area contributed by atoms with Crippen molar-refractivity contribution in [1.82, 2.24) is 20.1 Å². The topological polar surface area (TPSA) is 71.8 Å². The van der Waals surface area contributed by atoms with E-state index in [9.17, 15) is 4.79 Å². The van der Waals surface area contributed by atoms with E-state index in [2.05, 4.69) is 20.7 Å². The lowest BCUT2D eigenvalue weighted by molar-refractivity contribution is -0.117. The second kappa shape index (κ2) is 5.19. The molecule has 1 aliphatic heterocycles. The molecule has 3 heterocycles. The largest absolute Gasteiger partial charge is 0.322 e. The minimum absolute atomic E-state index is 0.0149. The van der Waals surface area contributed by atoms with Crippen LogP contribution in [0.5, 0.6) is 0 Å². The van der Waals surface area contributed by atoms with Crippen LogP contribution in [0, 0.1) is 0 Å². The molecule has 1 aliphatic rings. The summed E-state index contributed by atoms with van der Waals surface area (Å²) in [5.74, 6) is 0.609. The summed E-state index contributed by atoms with van der Waals surface area (Å²) in [7, 11) is 0. The van der Waals surface area contributed by atoms with Gasteiger partial charge in [-0.05, 0) is 37.6 Å². The maximum atomic E-state index is 12.1. The fourth-order valence-electron chi connectivity index (χ4n) is 2.20. The first-order chi connectivity index (χ1) is 9.34. The van der Waals surface area contributed by atoms with Crippen molar-refractivity contribution in [2.45, 2.75) is 18.9 Å². The predicted molar refractivity (Wildman–Crippen MR) is 71.0 cm³/mol. The van der Waals surface area contributed by atoms with Crippen LogP contribution < -0.4 is 10.6 Å². The first-order valence-corrected chi connectivity index (χ1v) is 6.34. The molecule has 0 radical (unpaired) electrons. The Bertz CT molecular complexity index is 560. The van der Waals surface area contributed by atoms with Gasteiger partial charge in [0.15, 0.2) is 5.82 Å². The number of hydrogen-bond donors (Lipinski definition) is 2. The first kappa shape index (κ1) is 11.9. The molecule has 2 aromatic heterocycles. The fourth-order valence-corrected chi connectivity index (χ4v) is 2.20. The molecule has 1 fully saturated rings. The highest BCUT2D eigenvalue weighted by Gasteiger charge is 2.22. The van der Waals surface area contributed by atoms with Crippen LogP contribution in [-0.4, -0.2) is 33.3 Å². The molecule has 3 rings (SSSR count).